The van der Waals surface area contributed by atoms with Crippen LogP contribution in [0.15, 0.2) is 6.07 Å². The third-order valence-corrected chi connectivity index (χ3v) is 5.05. The first-order valence-corrected chi connectivity index (χ1v) is 8.83. The van der Waals surface area contributed by atoms with Crippen LogP contribution in [0.2, 0.25) is 0 Å². The Balaban J connectivity index is 2.04. The van der Waals surface area contributed by atoms with Crippen molar-refractivity contribution in [1.82, 2.24) is 20.4 Å². The van der Waals surface area contributed by atoms with E-state index >= 15 is 0 Å². The monoisotopic (exact) mass is 366 g/mol. The van der Waals surface area contributed by atoms with Gasteiger partial charge in [0.15, 0.2) is 0 Å². The van der Waals surface area contributed by atoms with Crippen LogP contribution in [0.3, 0.4) is 0 Å². The predicted octanol–water partition coefficient (Wildman–Crippen LogP) is 1.43. The second-order valence-corrected chi connectivity index (χ2v) is 6.95. The smallest absolute Gasteiger partial charge is 0.326 e. The number of fused-ring (bicyclic) bond motifs is 1. The van der Waals surface area contributed by atoms with Gasteiger partial charge in [0.1, 0.15) is 16.9 Å². The fraction of sp³-hybridized carbons (Fsp3) is 0.500. The van der Waals surface area contributed by atoms with Gasteiger partial charge in [-0.05, 0) is 26.3 Å². The van der Waals surface area contributed by atoms with E-state index in [2.05, 4.69) is 15.7 Å². The molecule has 0 bridgehead atoms. The average Bonchev–Trinajstić information content (AvgIpc) is 3.08. The van der Waals surface area contributed by atoms with Gasteiger partial charge in [-0.25, -0.2) is 4.79 Å². The van der Waals surface area contributed by atoms with Crippen molar-refractivity contribution in [3.8, 4) is 0 Å². The highest BCUT2D eigenvalue weighted by Crippen LogP contribution is 2.27. The molecule has 2 aromatic heterocycles. The highest BCUT2D eigenvalue weighted by molar-refractivity contribution is 7.20. The quantitative estimate of drug-likeness (QED) is 0.686. The first-order chi connectivity index (χ1) is 11.7. The normalized spacial score (nSPS) is 13.4. The number of carbonyl (C=O) groups excluding carboxylic acids is 2. The number of rotatable bonds is 7. The predicted molar refractivity (Wildman–Crippen MR) is 94.7 cm³/mol. The summed E-state index contributed by atoms with van der Waals surface area (Å²) in [6.45, 7) is 5.23. The summed E-state index contributed by atoms with van der Waals surface area (Å²) in [4.78, 5) is 37.0. The van der Waals surface area contributed by atoms with Crippen LogP contribution in [0.5, 0.6) is 0 Å². The molecule has 2 unspecified atom stereocenters. The molecule has 2 aromatic rings. The number of amides is 2. The first kappa shape index (κ1) is 18.9. The van der Waals surface area contributed by atoms with E-state index in [1.165, 1.54) is 18.3 Å². The molecular formula is C16H22N4O4S. The van der Waals surface area contributed by atoms with E-state index in [4.69, 9.17) is 5.11 Å². The highest BCUT2D eigenvalue weighted by atomic mass is 32.1. The van der Waals surface area contributed by atoms with Crippen molar-refractivity contribution in [3.63, 3.8) is 0 Å². The topological polar surface area (TPSA) is 113 Å². The van der Waals surface area contributed by atoms with E-state index in [0.29, 0.717) is 17.7 Å². The van der Waals surface area contributed by atoms with Crippen molar-refractivity contribution in [2.45, 2.75) is 45.7 Å². The van der Waals surface area contributed by atoms with Gasteiger partial charge >= 0.3 is 5.97 Å². The molecule has 2 atom stereocenters. The molecule has 2 rings (SSSR count). The standard InChI is InChI=1S/C16H22N4O4S/c1-5-6-11(16(23)24)18-13(21)9(3)17-14(22)12-7-10-8(2)19-20(4)15(10)25-12/h7,9,11H,5-6H2,1-4H3,(H,17,22)(H,18,21)(H,23,24). The van der Waals surface area contributed by atoms with Crippen LogP contribution in [-0.2, 0) is 16.6 Å². The molecule has 0 aliphatic carbocycles. The van der Waals surface area contributed by atoms with Gasteiger partial charge < -0.3 is 15.7 Å². The molecule has 0 saturated carbocycles. The van der Waals surface area contributed by atoms with Gasteiger partial charge in [-0.1, -0.05) is 13.3 Å². The molecule has 0 aliphatic heterocycles. The third-order valence-electron chi connectivity index (χ3n) is 3.85. The lowest BCUT2D eigenvalue weighted by atomic mass is 10.1. The summed E-state index contributed by atoms with van der Waals surface area (Å²) in [5.74, 6) is -1.97. The van der Waals surface area contributed by atoms with E-state index in [0.717, 1.165) is 15.9 Å². The fourth-order valence-electron chi connectivity index (χ4n) is 2.49. The van der Waals surface area contributed by atoms with E-state index in [1.54, 1.807) is 10.7 Å². The summed E-state index contributed by atoms with van der Waals surface area (Å²) < 4.78 is 1.71. The van der Waals surface area contributed by atoms with Crippen LogP contribution < -0.4 is 10.6 Å². The molecule has 2 amide bonds. The van der Waals surface area contributed by atoms with Crippen molar-refractivity contribution in [3.05, 3.63) is 16.6 Å². The molecule has 0 aliphatic rings. The number of thiophene rings is 1. The van der Waals surface area contributed by atoms with Crippen LogP contribution in [0.4, 0.5) is 0 Å². The Hall–Kier alpha value is -2.42. The average molecular weight is 366 g/mol. The van der Waals surface area contributed by atoms with E-state index in [9.17, 15) is 14.4 Å². The molecule has 0 fully saturated rings. The SMILES string of the molecule is CCCC(NC(=O)C(C)NC(=O)c1cc2c(C)nn(C)c2s1)C(=O)O. The maximum absolute atomic E-state index is 12.4. The van der Waals surface area contributed by atoms with Crippen molar-refractivity contribution >= 4 is 39.3 Å². The highest BCUT2D eigenvalue weighted by Gasteiger charge is 2.24. The summed E-state index contributed by atoms with van der Waals surface area (Å²) in [7, 11) is 1.81. The number of carbonyl (C=O) groups is 3. The third kappa shape index (κ3) is 4.16. The lowest BCUT2D eigenvalue weighted by molar-refractivity contribution is -0.142. The maximum atomic E-state index is 12.4. The molecule has 0 radical (unpaired) electrons. The Bertz CT molecular complexity index is 776. The molecule has 8 nitrogen and oxygen atoms in total. The van der Waals surface area contributed by atoms with Gasteiger partial charge in [0.2, 0.25) is 5.91 Å². The van der Waals surface area contributed by atoms with Gasteiger partial charge in [0.05, 0.1) is 10.6 Å². The largest absolute Gasteiger partial charge is 0.480 e. The molecule has 0 saturated heterocycles. The van der Waals surface area contributed by atoms with Crippen LogP contribution in [0.25, 0.3) is 10.2 Å². The van der Waals surface area contributed by atoms with Gasteiger partial charge in [0, 0.05) is 12.4 Å². The number of hydrogen-bond donors (Lipinski definition) is 3. The van der Waals surface area contributed by atoms with Crippen LogP contribution in [0.1, 0.15) is 42.1 Å². The van der Waals surface area contributed by atoms with Crippen molar-refractivity contribution in [2.24, 2.45) is 7.05 Å². The lowest BCUT2D eigenvalue weighted by Gasteiger charge is -2.18. The Labute approximate surface area is 149 Å². The van der Waals surface area contributed by atoms with E-state index < -0.39 is 24.0 Å². The molecule has 0 spiro atoms. The molecule has 136 valence electrons. The zero-order chi connectivity index (χ0) is 18.7. The van der Waals surface area contributed by atoms with Gasteiger partial charge in [-0.15, -0.1) is 11.3 Å². The maximum Gasteiger partial charge on any atom is 0.326 e. The summed E-state index contributed by atoms with van der Waals surface area (Å²) in [5.41, 5.74) is 0.836. The first-order valence-electron chi connectivity index (χ1n) is 8.01. The lowest BCUT2D eigenvalue weighted by Crippen LogP contribution is -2.50. The molecule has 3 N–H and O–H groups in total. The van der Waals surface area contributed by atoms with Gasteiger partial charge in [-0.2, -0.15) is 5.10 Å². The Morgan fingerprint density at radius 3 is 2.60 bits per heavy atom. The van der Waals surface area contributed by atoms with E-state index in [1.807, 2.05) is 20.9 Å². The zero-order valence-corrected chi connectivity index (χ0v) is 15.4. The minimum atomic E-state index is -1.08. The van der Waals surface area contributed by atoms with Crippen molar-refractivity contribution < 1.29 is 19.5 Å². The number of aromatic nitrogens is 2. The van der Waals surface area contributed by atoms with Crippen LogP contribution >= 0.6 is 11.3 Å². The number of nitrogens with one attached hydrogen (secondary N) is 2. The second-order valence-electron chi connectivity index (χ2n) is 5.92. The van der Waals surface area contributed by atoms with Crippen LogP contribution in [0, 0.1) is 6.92 Å². The van der Waals surface area contributed by atoms with E-state index in [-0.39, 0.29) is 5.91 Å². The second kappa shape index (κ2) is 7.64. The van der Waals surface area contributed by atoms with Crippen molar-refractivity contribution in [2.75, 3.05) is 0 Å². The molecule has 9 heteroatoms. The number of aryl methyl sites for hydroxylation is 2. The molecule has 2 heterocycles. The number of carboxylic acids is 1. The van der Waals surface area contributed by atoms with Crippen LogP contribution in [-0.4, -0.2) is 44.8 Å². The summed E-state index contributed by atoms with van der Waals surface area (Å²) >= 11 is 1.30. The summed E-state index contributed by atoms with van der Waals surface area (Å²) in [6.07, 6.45) is 0.970. The molecule has 0 aromatic carbocycles. The minimum absolute atomic E-state index is 0.338. The number of nitrogens with zero attached hydrogens (tertiary/aromatic N) is 2. The fourth-order valence-corrected chi connectivity index (χ4v) is 3.52. The Kier molecular flexibility index (Phi) is 5.78. The van der Waals surface area contributed by atoms with Gasteiger partial charge in [0.25, 0.3) is 5.91 Å². The van der Waals surface area contributed by atoms with Gasteiger partial charge in [-0.3, -0.25) is 14.3 Å². The number of aliphatic carboxylic acids is 1. The Morgan fingerprint density at radius 2 is 2.04 bits per heavy atom. The Morgan fingerprint density at radius 1 is 1.36 bits per heavy atom. The van der Waals surface area contributed by atoms with Crippen molar-refractivity contribution in [1.29, 1.82) is 0 Å². The molecule has 25 heavy (non-hydrogen) atoms. The number of carboxylic acid groups (broad SMARTS) is 1. The zero-order valence-electron chi connectivity index (χ0n) is 14.6. The summed E-state index contributed by atoms with van der Waals surface area (Å²) in [6, 6.07) is -0.0371. The summed E-state index contributed by atoms with van der Waals surface area (Å²) in [5, 5.41) is 19.3. The molecular weight excluding hydrogens is 344 g/mol. The minimum Gasteiger partial charge on any atom is -0.480 e. The number of hydrogen-bond acceptors (Lipinski definition) is 5.